The average Bonchev–Trinajstić information content (AvgIpc) is 3.02. The maximum atomic E-state index is 4.64. The highest BCUT2D eigenvalue weighted by Crippen LogP contribution is 2.31. The lowest BCUT2D eigenvalue weighted by Crippen LogP contribution is -2.29. The van der Waals surface area contributed by atoms with Crippen LogP contribution in [0.1, 0.15) is 52.4 Å². The van der Waals surface area contributed by atoms with Crippen LogP contribution < -0.4 is 10.2 Å². The van der Waals surface area contributed by atoms with Gasteiger partial charge >= 0.3 is 0 Å². The van der Waals surface area contributed by atoms with Crippen LogP contribution in [-0.2, 0) is 0 Å². The van der Waals surface area contributed by atoms with Gasteiger partial charge < -0.3 is 10.2 Å². The molecule has 0 spiro atoms. The van der Waals surface area contributed by atoms with Crippen LogP contribution in [0.4, 0.5) is 11.5 Å². The molecule has 3 nitrogen and oxygen atoms in total. The molecule has 1 saturated carbocycles. The summed E-state index contributed by atoms with van der Waals surface area (Å²) in [4.78, 5) is 7.03. The first-order valence-electron chi connectivity index (χ1n) is 8.70. The van der Waals surface area contributed by atoms with Gasteiger partial charge in [0.25, 0.3) is 0 Å². The van der Waals surface area contributed by atoms with Crippen molar-refractivity contribution in [3.05, 3.63) is 18.3 Å². The van der Waals surface area contributed by atoms with Gasteiger partial charge in [-0.15, -0.1) is 0 Å². The summed E-state index contributed by atoms with van der Waals surface area (Å²) >= 11 is 0. The van der Waals surface area contributed by atoms with Crippen molar-refractivity contribution in [1.82, 2.24) is 4.98 Å². The van der Waals surface area contributed by atoms with Crippen molar-refractivity contribution in [3.63, 3.8) is 0 Å². The van der Waals surface area contributed by atoms with Crippen LogP contribution in [-0.4, -0.2) is 24.1 Å². The predicted octanol–water partition coefficient (Wildman–Crippen LogP) is 4.31. The van der Waals surface area contributed by atoms with E-state index < -0.39 is 0 Å². The number of nitrogens with one attached hydrogen (secondary N) is 1. The summed E-state index contributed by atoms with van der Waals surface area (Å²) in [6.45, 7) is 7.05. The van der Waals surface area contributed by atoms with E-state index in [2.05, 4.69) is 41.2 Å². The topological polar surface area (TPSA) is 28.2 Å². The molecular formula is C18H29N3. The molecule has 2 fully saturated rings. The molecule has 3 heteroatoms. The van der Waals surface area contributed by atoms with E-state index in [0.29, 0.717) is 6.04 Å². The maximum Gasteiger partial charge on any atom is 0.128 e. The quantitative estimate of drug-likeness (QED) is 0.894. The summed E-state index contributed by atoms with van der Waals surface area (Å²) in [6.07, 6.45) is 10.0. The van der Waals surface area contributed by atoms with E-state index in [4.69, 9.17) is 0 Å². The number of nitrogens with zero attached hydrogens (tertiary/aromatic N) is 2. The second-order valence-corrected chi connectivity index (χ2v) is 7.11. The van der Waals surface area contributed by atoms with Crippen molar-refractivity contribution >= 4 is 11.5 Å². The number of hydrogen-bond donors (Lipinski definition) is 1. The molecule has 0 radical (unpaired) electrons. The lowest BCUT2D eigenvalue weighted by Gasteiger charge is -2.32. The molecule has 3 rings (SSSR count). The highest BCUT2D eigenvalue weighted by atomic mass is 15.2. The van der Waals surface area contributed by atoms with Gasteiger partial charge in [0.05, 0.1) is 11.9 Å². The Morgan fingerprint density at radius 3 is 2.62 bits per heavy atom. The number of hydrogen-bond acceptors (Lipinski definition) is 3. The zero-order valence-corrected chi connectivity index (χ0v) is 13.5. The van der Waals surface area contributed by atoms with Gasteiger partial charge in [0.2, 0.25) is 0 Å². The Kier molecular flexibility index (Phi) is 4.67. The Morgan fingerprint density at radius 2 is 1.95 bits per heavy atom. The minimum atomic E-state index is 0.630. The van der Waals surface area contributed by atoms with Gasteiger partial charge in [0.15, 0.2) is 0 Å². The highest BCUT2D eigenvalue weighted by molar-refractivity contribution is 5.49. The molecule has 2 unspecified atom stereocenters. The molecule has 1 saturated heterocycles. The average molecular weight is 287 g/mol. The molecular weight excluding hydrogens is 258 g/mol. The second kappa shape index (κ2) is 6.67. The Morgan fingerprint density at radius 1 is 1.14 bits per heavy atom. The summed E-state index contributed by atoms with van der Waals surface area (Å²) < 4.78 is 0. The first-order chi connectivity index (χ1) is 10.2. The molecule has 1 aliphatic carbocycles. The van der Waals surface area contributed by atoms with Crippen molar-refractivity contribution in [1.29, 1.82) is 0 Å². The Bertz CT molecular complexity index is 434. The first-order valence-corrected chi connectivity index (χ1v) is 8.70. The van der Waals surface area contributed by atoms with E-state index in [1.165, 1.54) is 57.3 Å². The van der Waals surface area contributed by atoms with Crippen molar-refractivity contribution in [2.24, 2.45) is 11.8 Å². The van der Waals surface area contributed by atoms with Gasteiger partial charge in [0.1, 0.15) is 5.82 Å². The third-order valence-corrected chi connectivity index (χ3v) is 5.21. The normalized spacial score (nSPS) is 26.3. The Hall–Kier alpha value is -1.25. The zero-order valence-electron chi connectivity index (χ0n) is 13.5. The Balaban J connectivity index is 1.57. The van der Waals surface area contributed by atoms with E-state index in [0.717, 1.165) is 17.7 Å². The van der Waals surface area contributed by atoms with Crippen LogP contribution in [0.25, 0.3) is 0 Å². The van der Waals surface area contributed by atoms with Crippen LogP contribution >= 0.6 is 0 Å². The molecule has 0 amide bonds. The van der Waals surface area contributed by atoms with Gasteiger partial charge in [-0.05, 0) is 49.7 Å². The van der Waals surface area contributed by atoms with Gasteiger partial charge in [-0.1, -0.05) is 26.7 Å². The van der Waals surface area contributed by atoms with Crippen molar-refractivity contribution < 1.29 is 0 Å². The monoisotopic (exact) mass is 287 g/mol. The summed E-state index contributed by atoms with van der Waals surface area (Å²) in [5.74, 6) is 2.83. The molecule has 1 aliphatic heterocycles. The van der Waals surface area contributed by atoms with Gasteiger partial charge in [-0.2, -0.15) is 0 Å². The van der Waals surface area contributed by atoms with Crippen LogP contribution in [0.3, 0.4) is 0 Å². The molecule has 1 aromatic rings. The smallest absolute Gasteiger partial charge is 0.128 e. The second-order valence-electron chi connectivity index (χ2n) is 7.11. The van der Waals surface area contributed by atoms with Gasteiger partial charge in [-0.25, -0.2) is 4.98 Å². The fourth-order valence-corrected chi connectivity index (χ4v) is 3.80. The fraction of sp³-hybridized carbons (Fsp3) is 0.722. The Labute approximate surface area is 129 Å². The highest BCUT2D eigenvalue weighted by Gasteiger charge is 2.24. The largest absolute Gasteiger partial charge is 0.381 e. The van der Waals surface area contributed by atoms with Crippen LogP contribution in [0.15, 0.2) is 18.3 Å². The lowest BCUT2D eigenvalue weighted by molar-refractivity contribution is 0.264. The minimum Gasteiger partial charge on any atom is -0.381 e. The molecule has 2 heterocycles. The number of rotatable bonds is 4. The molecule has 116 valence electrons. The van der Waals surface area contributed by atoms with E-state index >= 15 is 0 Å². The summed E-state index contributed by atoms with van der Waals surface area (Å²) in [5.41, 5.74) is 1.19. The minimum absolute atomic E-state index is 0.630. The summed E-state index contributed by atoms with van der Waals surface area (Å²) in [5, 5.41) is 3.70. The molecule has 1 N–H and O–H groups in total. The van der Waals surface area contributed by atoms with E-state index in [1.807, 2.05) is 6.20 Å². The third-order valence-electron chi connectivity index (χ3n) is 5.21. The lowest BCUT2D eigenvalue weighted by atomic mass is 9.79. The molecule has 0 bridgehead atoms. The van der Waals surface area contributed by atoms with E-state index in [1.54, 1.807) is 0 Å². The molecule has 21 heavy (non-hydrogen) atoms. The predicted molar refractivity (Wildman–Crippen MR) is 89.9 cm³/mol. The van der Waals surface area contributed by atoms with Crippen LogP contribution in [0, 0.1) is 11.8 Å². The number of aromatic nitrogens is 1. The van der Waals surface area contributed by atoms with Crippen molar-refractivity contribution in [3.8, 4) is 0 Å². The number of anilines is 2. The van der Waals surface area contributed by atoms with E-state index in [9.17, 15) is 0 Å². The van der Waals surface area contributed by atoms with E-state index in [-0.39, 0.29) is 0 Å². The zero-order chi connectivity index (χ0) is 14.7. The SMILES string of the molecule is CC(C)C1CCCC(Nc2ccc(N3CCCC3)nc2)C1. The summed E-state index contributed by atoms with van der Waals surface area (Å²) in [6, 6.07) is 5.02. The third kappa shape index (κ3) is 3.69. The summed E-state index contributed by atoms with van der Waals surface area (Å²) in [7, 11) is 0. The maximum absolute atomic E-state index is 4.64. The molecule has 2 aliphatic rings. The molecule has 0 aromatic carbocycles. The van der Waals surface area contributed by atoms with Crippen molar-refractivity contribution in [2.75, 3.05) is 23.3 Å². The van der Waals surface area contributed by atoms with Gasteiger partial charge in [-0.3, -0.25) is 0 Å². The fourth-order valence-electron chi connectivity index (χ4n) is 3.80. The van der Waals surface area contributed by atoms with Crippen molar-refractivity contribution in [2.45, 2.75) is 58.4 Å². The standard InChI is InChI=1S/C18H29N3/c1-14(2)15-6-5-7-16(12-15)20-17-8-9-18(19-13-17)21-10-3-4-11-21/h8-9,13-16,20H,3-7,10-12H2,1-2H3. The first kappa shape index (κ1) is 14.7. The van der Waals surface area contributed by atoms with Gasteiger partial charge in [0, 0.05) is 19.1 Å². The molecule has 1 aromatic heterocycles. The molecule has 2 atom stereocenters. The number of pyridine rings is 1. The van der Waals surface area contributed by atoms with Crippen LogP contribution in [0.2, 0.25) is 0 Å². The van der Waals surface area contributed by atoms with Crippen LogP contribution in [0.5, 0.6) is 0 Å².